The molecule has 3 aromatic carbocycles. The van der Waals surface area contributed by atoms with Crippen LogP contribution in [0.2, 0.25) is 0 Å². The van der Waals surface area contributed by atoms with E-state index in [1.165, 1.54) is 0 Å². The maximum Gasteiger partial charge on any atom is 0.202 e. The predicted molar refractivity (Wildman–Crippen MR) is 116 cm³/mol. The molecule has 0 amide bonds. The van der Waals surface area contributed by atoms with E-state index in [9.17, 15) is 20.4 Å². The summed E-state index contributed by atoms with van der Waals surface area (Å²) in [5.41, 5.74) is 7.08. The van der Waals surface area contributed by atoms with Crippen LogP contribution < -0.4 is 5.73 Å². The second kappa shape index (κ2) is 8.51. The van der Waals surface area contributed by atoms with Crippen LogP contribution >= 0.6 is 0 Å². The topological polar surface area (TPSA) is 116 Å². The summed E-state index contributed by atoms with van der Waals surface area (Å²) in [5.74, 6) is -2.21. The van der Waals surface area contributed by atoms with Crippen LogP contribution in [0.4, 0.5) is 0 Å². The van der Waals surface area contributed by atoms with Crippen molar-refractivity contribution < 1.29 is 25.2 Å². The standard InChI is InChI=1S/C25H27NO5/c26-23-22(29)21(28)20(16-27)31-25(23,30)24(17-10-4-1-5-11-17,18-12-6-2-7-13-18)19-14-8-3-9-15-19/h1-15,20-23,27-30H,16,26H2/t20-,21+,22+,23-,25-/m1/s1. The smallest absolute Gasteiger partial charge is 0.202 e. The summed E-state index contributed by atoms with van der Waals surface area (Å²) in [6, 6.07) is 26.5. The van der Waals surface area contributed by atoms with Crippen LogP contribution in [0.25, 0.3) is 0 Å². The molecule has 0 radical (unpaired) electrons. The van der Waals surface area contributed by atoms with Gasteiger partial charge in [0.15, 0.2) is 0 Å². The lowest BCUT2D eigenvalue weighted by atomic mass is 9.60. The van der Waals surface area contributed by atoms with Gasteiger partial charge in [-0.2, -0.15) is 0 Å². The van der Waals surface area contributed by atoms with Crippen molar-refractivity contribution in [1.29, 1.82) is 0 Å². The zero-order valence-corrected chi connectivity index (χ0v) is 17.0. The number of rotatable bonds is 5. The molecule has 162 valence electrons. The maximum absolute atomic E-state index is 12.3. The van der Waals surface area contributed by atoms with Gasteiger partial charge >= 0.3 is 0 Å². The first-order valence-electron chi connectivity index (χ1n) is 10.3. The molecule has 1 heterocycles. The van der Waals surface area contributed by atoms with Crippen LogP contribution in [0.15, 0.2) is 91.0 Å². The first kappa shape index (κ1) is 21.6. The normalized spacial score (nSPS) is 28.9. The monoisotopic (exact) mass is 421 g/mol. The fourth-order valence-electron chi connectivity index (χ4n) is 4.71. The predicted octanol–water partition coefficient (Wildman–Crippen LogP) is 1.15. The Morgan fingerprint density at radius 1 is 0.742 bits per heavy atom. The molecule has 1 saturated heterocycles. The van der Waals surface area contributed by atoms with Crippen LogP contribution in [-0.4, -0.2) is 57.2 Å². The summed E-state index contributed by atoms with van der Waals surface area (Å²) >= 11 is 0. The molecule has 3 aromatic rings. The van der Waals surface area contributed by atoms with E-state index in [4.69, 9.17) is 10.5 Å². The quantitative estimate of drug-likeness (QED) is 0.395. The molecular formula is C25H27NO5. The second-order valence-corrected chi connectivity index (χ2v) is 7.89. The van der Waals surface area contributed by atoms with E-state index in [1.54, 1.807) is 0 Å². The van der Waals surface area contributed by atoms with E-state index < -0.39 is 42.2 Å². The van der Waals surface area contributed by atoms with Crippen molar-refractivity contribution in [1.82, 2.24) is 0 Å². The molecule has 0 bridgehead atoms. The van der Waals surface area contributed by atoms with Gasteiger partial charge in [0.1, 0.15) is 23.7 Å². The lowest BCUT2D eigenvalue weighted by Gasteiger charge is -2.56. The third-order valence-corrected chi connectivity index (χ3v) is 6.22. The second-order valence-electron chi connectivity index (χ2n) is 7.89. The molecule has 6 heteroatoms. The average Bonchev–Trinajstić information content (AvgIpc) is 2.83. The Balaban J connectivity index is 2.10. The Morgan fingerprint density at radius 3 is 1.48 bits per heavy atom. The number of nitrogens with two attached hydrogens (primary N) is 1. The summed E-state index contributed by atoms with van der Waals surface area (Å²) < 4.78 is 6.02. The van der Waals surface area contributed by atoms with Gasteiger partial charge in [0.25, 0.3) is 0 Å². The largest absolute Gasteiger partial charge is 0.394 e. The summed E-state index contributed by atoms with van der Waals surface area (Å²) in [6.07, 6.45) is -4.19. The molecule has 0 aromatic heterocycles. The Hall–Kier alpha value is -2.58. The van der Waals surface area contributed by atoms with E-state index in [1.807, 2.05) is 91.0 Å². The minimum Gasteiger partial charge on any atom is -0.394 e. The zero-order valence-electron chi connectivity index (χ0n) is 17.0. The van der Waals surface area contributed by atoms with Gasteiger partial charge in [-0.25, -0.2) is 0 Å². The van der Waals surface area contributed by atoms with Gasteiger partial charge in [-0.05, 0) is 16.7 Å². The first-order chi connectivity index (χ1) is 15.0. The van der Waals surface area contributed by atoms with Gasteiger partial charge < -0.3 is 30.9 Å². The van der Waals surface area contributed by atoms with Gasteiger partial charge in [-0.15, -0.1) is 0 Å². The molecule has 0 spiro atoms. The molecule has 1 aliphatic heterocycles. The SMILES string of the molecule is N[C@@H]1[C@@H](O)[C@@H](O)[C@@H](CO)O[C@@]1(O)C(c1ccccc1)(c1ccccc1)c1ccccc1. The molecule has 5 atom stereocenters. The van der Waals surface area contributed by atoms with Gasteiger partial charge in [0.05, 0.1) is 12.6 Å². The first-order valence-corrected chi connectivity index (χ1v) is 10.3. The van der Waals surface area contributed by atoms with Gasteiger partial charge in [-0.3, -0.25) is 0 Å². The average molecular weight is 421 g/mol. The lowest BCUT2D eigenvalue weighted by Crippen LogP contribution is -2.75. The van der Waals surface area contributed by atoms with Crippen molar-refractivity contribution in [2.75, 3.05) is 6.61 Å². The van der Waals surface area contributed by atoms with Crippen molar-refractivity contribution in [3.63, 3.8) is 0 Å². The molecule has 6 nitrogen and oxygen atoms in total. The van der Waals surface area contributed by atoms with Gasteiger partial charge in [0, 0.05) is 0 Å². The number of hydrogen-bond acceptors (Lipinski definition) is 6. The summed E-state index contributed by atoms with van der Waals surface area (Å²) in [7, 11) is 0. The van der Waals surface area contributed by atoms with Gasteiger partial charge in [0.2, 0.25) is 5.79 Å². The maximum atomic E-state index is 12.3. The summed E-state index contributed by atoms with van der Waals surface area (Å²) in [6.45, 7) is -0.596. The fraction of sp³-hybridized carbons (Fsp3) is 0.280. The van der Waals surface area contributed by atoms with E-state index in [2.05, 4.69) is 0 Å². The highest BCUT2D eigenvalue weighted by Crippen LogP contribution is 2.51. The van der Waals surface area contributed by atoms with Crippen molar-refractivity contribution in [3.8, 4) is 0 Å². The van der Waals surface area contributed by atoms with E-state index in [0.717, 1.165) is 0 Å². The van der Waals surface area contributed by atoms with Crippen LogP contribution in [0, 0.1) is 0 Å². The van der Waals surface area contributed by atoms with Crippen molar-refractivity contribution >= 4 is 0 Å². The van der Waals surface area contributed by atoms with E-state index >= 15 is 0 Å². The molecule has 0 unspecified atom stereocenters. The molecule has 0 aliphatic carbocycles. The van der Waals surface area contributed by atoms with E-state index in [-0.39, 0.29) is 0 Å². The number of aliphatic hydroxyl groups is 4. The third-order valence-electron chi connectivity index (χ3n) is 6.22. The number of benzene rings is 3. The Bertz CT molecular complexity index is 886. The summed E-state index contributed by atoms with van der Waals surface area (Å²) in [4.78, 5) is 0. The summed E-state index contributed by atoms with van der Waals surface area (Å²) in [5, 5.41) is 43.3. The van der Waals surface area contributed by atoms with Crippen molar-refractivity contribution in [2.45, 2.75) is 35.6 Å². The fourth-order valence-corrected chi connectivity index (χ4v) is 4.71. The highest BCUT2D eigenvalue weighted by atomic mass is 16.7. The molecule has 6 N–H and O–H groups in total. The molecule has 31 heavy (non-hydrogen) atoms. The highest BCUT2D eigenvalue weighted by Gasteiger charge is 2.64. The van der Waals surface area contributed by atoms with Crippen LogP contribution in [-0.2, 0) is 10.2 Å². The molecule has 1 fully saturated rings. The highest BCUT2D eigenvalue weighted by molar-refractivity contribution is 5.54. The number of ether oxygens (including phenoxy) is 1. The lowest BCUT2D eigenvalue weighted by molar-refractivity contribution is -0.331. The van der Waals surface area contributed by atoms with E-state index in [0.29, 0.717) is 16.7 Å². The zero-order chi connectivity index (χ0) is 22.1. The Morgan fingerprint density at radius 2 is 1.13 bits per heavy atom. The van der Waals surface area contributed by atoms with Crippen LogP contribution in [0.1, 0.15) is 16.7 Å². The Kier molecular flexibility index (Phi) is 5.94. The van der Waals surface area contributed by atoms with Crippen LogP contribution in [0.3, 0.4) is 0 Å². The van der Waals surface area contributed by atoms with Crippen molar-refractivity contribution in [3.05, 3.63) is 108 Å². The number of aliphatic hydroxyl groups excluding tert-OH is 3. The minimum atomic E-state index is -2.21. The minimum absolute atomic E-state index is 0.596. The molecule has 1 aliphatic rings. The van der Waals surface area contributed by atoms with Crippen molar-refractivity contribution in [2.24, 2.45) is 5.73 Å². The number of hydrogen-bond donors (Lipinski definition) is 5. The molecule has 0 saturated carbocycles. The third kappa shape index (κ3) is 3.29. The molecule has 4 rings (SSSR count). The molecular weight excluding hydrogens is 394 g/mol. The van der Waals surface area contributed by atoms with Gasteiger partial charge in [-0.1, -0.05) is 91.0 Å². The van der Waals surface area contributed by atoms with Crippen LogP contribution in [0.5, 0.6) is 0 Å². The Labute approximate surface area is 181 Å².